The zero-order valence-electron chi connectivity index (χ0n) is 14.0. The van der Waals surface area contributed by atoms with Gasteiger partial charge in [0.2, 0.25) is 0 Å². The molecule has 2 N–H and O–H groups in total. The zero-order chi connectivity index (χ0) is 16.7. The number of carbonyl (C=O) groups excluding carboxylic acids is 1. The van der Waals surface area contributed by atoms with E-state index in [1.54, 1.807) is 0 Å². The molecule has 4 nitrogen and oxygen atoms in total. The Morgan fingerprint density at radius 2 is 1.65 bits per heavy atom. The Kier molecular flexibility index (Phi) is 6.03. The number of hydrogen-bond acceptors (Lipinski definition) is 2. The van der Waals surface area contributed by atoms with Crippen LogP contribution in [0.5, 0.6) is 5.75 Å². The van der Waals surface area contributed by atoms with Gasteiger partial charge in [-0.15, -0.1) is 0 Å². The fourth-order valence-corrected chi connectivity index (χ4v) is 2.31. The van der Waals surface area contributed by atoms with Crippen LogP contribution in [0.15, 0.2) is 42.5 Å². The molecule has 0 saturated carbocycles. The molecule has 0 saturated heterocycles. The van der Waals surface area contributed by atoms with Crippen LogP contribution in [-0.2, 0) is 6.54 Å². The molecule has 0 aliphatic heterocycles. The fraction of sp³-hybridized carbons (Fsp3) is 0.316. The number of ether oxygens (including phenoxy) is 1. The van der Waals surface area contributed by atoms with E-state index in [-0.39, 0.29) is 6.03 Å². The van der Waals surface area contributed by atoms with Crippen LogP contribution in [0.4, 0.5) is 4.79 Å². The molecule has 23 heavy (non-hydrogen) atoms. The van der Waals surface area contributed by atoms with Crippen LogP contribution in [0, 0.1) is 20.8 Å². The number of urea groups is 1. The molecule has 122 valence electrons. The molecule has 4 heteroatoms. The lowest BCUT2D eigenvalue weighted by atomic mass is 10.1. The Morgan fingerprint density at radius 3 is 2.39 bits per heavy atom. The standard InChI is InChI=1S/C19H24N2O2/c1-14-9-10-15(2)18(16(14)3)23-12-11-20-19(22)21-13-17-7-5-4-6-8-17/h4-10H,11-13H2,1-3H3,(H2,20,21,22). The summed E-state index contributed by atoms with van der Waals surface area (Å²) in [6, 6.07) is 13.8. The van der Waals surface area contributed by atoms with Crippen molar-refractivity contribution < 1.29 is 9.53 Å². The van der Waals surface area contributed by atoms with E-state index in [1.807, 2.05) is 37.3 Å². The highest BCUT2D eigenvalue weighted by Crippen LogP contribution is 2.25. The Bertz CT molecular complexity index is 654. The summed E-state index contributed by atoms with van der Waals surface area (Å²) in [5, 5.41) is 5.63. The minimum Gasteiger partial charge on any atom is -0.491 e. The third-order valence-electron chi connectivity index (χ3n) is 3.80. The highest BCUT2D eigenvalue weighted by atomic mass is 16.5. The van der Waals surface area contributed by atoms with Gasteiger partial charge in [0.15, 0.2) is 0 Å². The summed E-state index contributed by atoms with van der Waals surface area (Å²) >= 11 is 0. The molecule has 2 amide bonds. The molecule has 0 aliphatic carbocycles. The van der Waals surface area contributed by atoms with E-state index in [1.165, 1.54) is 5.56 Å². The summed E-state index contributed by atoms with van der Waals surface area (Å²) in [5.41, 5.74) is 4.55. The van der Waals surface area contributed by atoms with Crippen molar-refractivity contribution in [3.8, 4) is 5.75 Å². The van der Waals surface area contributed by atoms with E-state index in [2.05, 4.69) is 36.6 Å². The number of amides is 2. The van der Waals surface area contributed by atoms with Gasteiger partial charge < -0.3 is 15.4 Å². The van der Waals surface area contributed by atoms with E-state index in [9.17, 15) is 4.79 Å². The molecule has 0 bridgehead atoms. The Labute approximate surface area is 137 Å². The van der Waals surface area contributed by atoms with Gasteiger partial charge in [0.25, 0.3) is 0 Å². The number of hydrogen-bond donors (Lipinski definition) is 2. The highest BCUT2D eigenvalue weighted by Gasteiger charge is 2.06. The van der Waals surface area contributed by atoms with E-state index in [4.69, 9.17) is 4.74 Å². The Balaban J connectivity index is 1.71. The van der Waals surface area contributed by atoms with E-state index >= 15 is 0 Å². The van der Waals surface area contributed by atoms with Gasteiger partial charge in [-0.05, 0) is 43.0 Å². The molecule has 2 rings (SSSR count). The molecule has 2 aromatic rings. The molecule has 0 spiro atoms. The van der Waals surface area contributed by atoms with Crippen LogP contribution in [0.1, 0.15) is 22.3 Å². The predicted octanol–water partition coefficient (Wildman–Crippen LogP) is 3.49. The second-order valence-electron chi connectivity index (χ2n) is 5.60. The molecule has 0 fully saturated rings. The van der Waals surface area contributed by atoms with E-state index in [0.29, 0.717) is 19.7 Å². The summed E-state index contributed by atoms with van der Waals surface area (Å²) in [6.45, 7) is 7.58. The minimum absolute atomic E-state index is 0.185. The average Bonchev–Trinajstić information content (AvgIpc) is 2.57. The van der Waals surface area contributed by atoms with Crippen LogP contribution in [0.3, 0.4) is 0 Å². The maximum absolute atomic E-state index is 11.7. The van der Waals surface area contributed by atoms with Gasteiger partial charge in [0.1, 0.15) is 12.4 Å². The largest absolute Gasteiger partial charge is 0.491 e. The smallest absolute Gasteiger partial charge is 0.315 e. The molecule has 0 heterocycles. The summed E-state index contributed by atoms with van der Waals surface area (Å²) in [6.07, 6.45) is 0. The Morgan fingerprint density at radius 1 is 0.957 bits per heavy atom. The van der Waals surface area contributed by atoms with E-state index < -0.39 is 0 Å². The maximum atomic E-state index is 11.7. The first-order valence-corrected chi connectivity index (χ1v) is 7.83. The van der Waals surface area contributed by atoms with Crippen LogP contribution >= 0.6 is 0 Å². The molecular formula is C19H24N2O2. The van der Waals surface area contributed by atoms with Crippen molar-refractivity contribution in [2.75, 3.05) is 13.2 Å². The predicted molar refractivity (Wildman–Crippen MR) is 92.8 cm³/mol. The summed E-state index contributed by atoms with van der Waals surface area (Å²) in [4.78, 5) is 11.7. The molecule has 0 radical (unpaired) electrons. The lowest BCUT2D eigenvalue weighted by Crippen LogP contribution is -2.37. The summed E-state index contributed by atoms with van der Waals surface area (Å²) in [5.74, 6) is 0.913. The van der Waals surface area contributed by atoms with Gasteiger partial charge in [-0.1, -0.05) is 42.5 Å². The lowest BCUT2D eigenvalue weighted by molar-refractivity contribution is 0.236. The molecule has 0 aromatic heterocycles. The number of rotatable bonds is 6. The van der Waals surface area contributed by atoms with Gasteiger partial charge in [0, 0.05) is 6.54 Å². The Hall–Kier alpha value is -2.49. The normalized spacial score (nSPS) is 10.2. The molecule has 0 atom stereocenters. The van der Waals surface area contributed by atoms with Crippen molar-refractivity contribution in [3.63, 3.8) is 0 Å². The molecule has 0 unspecified atom stereocenters. The molecule has 0 aliphatic rings. The topological polar surface area (TPSA) is 50.4 Å². The van der Waals surface area contributed by atoms with E-state index in [0.717, 1.165) is 22.4 Å². The number of aryl methyl sites for hydroxylation is 2. The number of carbonyl (C=O) groups is 1. The molecule has 2 aromatic carbocycles. The van der Waals surface area contributed by atoms with Crippen LogP contribution in [-0.4, -0.2) is 19.2 Å². The van der Waals surface area contributed by atoms with Gasteiger partial charge in [-0.3, -0.25) is 0 Å². The van der Waals surface area contributed by atoms with Gasteiger partial charge in [0.05, 0.1) is 6.54 Å². The average molecular weight is 312 g/mol. The quantitative estimate of drug-likeness (QED) is 0.802. The van der Waals surface area contributed by atoms with Gasteiger partial charge in [-0.25, -0.2) is 4.79 Å². The summed E-state index contributed by atoms with van der Waals surface area (Å²) in [7, 11) is 0. The van der Waals surface area contributed by atoms with Crippen molar-refractivity contribution >= 4 is 6.03 Å². The monoisotopic (exact) mass is 312 g/mol. The van der Waals surface area contributed by atoms with Crippen molar-refractivity contribution in [2.45, 2.75) is 27.3 Å². The summed E-state index contributed by atoms with van der Waals surface area (Å²) < 4.78 is 5.82. The SMILES string of the molecule is Cc1ccc(C)c(OCCNC(=O)NCc2ccccc2)c1C. The number of nitrogens with one attached hydrogen (secondary N) is 2. The van der Waals surface area contributed by atoms with Crippen molar-refractivity contribution in [2.24, 2.45) is 0 Å². The van der Waals surface area contributed by atoms with Crippen molar-refractivity contribution in [1.82, 2.24) is 10.6 Å². The lowest BCUT2D eigenvalue weighted by Gasteiger charge is -2.14. The van der Waals surface area contributed by atoms with Crippen molar-refractivity contribution in [1.29, 1.82) is 0 Å². The van der Waals surface area contributed by atoms with Crippen molar-refractivity contribution in [3.05, 3.63) is 64.7 Å². The molecular weight excluding hydrogens is 288 g/mol. The van der Waals surface area contributed by atoms with Crippen LogP contribution in [0.25, 0.3) is 0 Å². The second-order valence-corrected chi connectivity index (χ2v) is 5.60. The van der Waals surface area contributed by atoms with Gasteiger partial charge in [-0.2, -0.15) is 0 Å². The maximum Gasteiger partial charge on any atom is 0.315 e. The van der Waals surface area contributed by atoms with Crippen LogP contribution in [0.2, 0.25) is 0 Å². The third kappa shape index (κ3) is 5.02. The van der Waals surface area contributed by atoms with Crippen LogP contribution < -0.4 is 15.4 Å². The minimum atomic E-state index is -0.185. The fourth-order valence-electron chi connectivity index (χ4n) is 2.31. The third-order valence-corrected chi connectivity index (χ3v) is 3.80. The first-order chi connectivity index (χ1) is 11.1. The second kappa shape index (κ2) is 8.22. The first-order valence-electron chi connectivity index (χ1n) is 7.83. The highest BCUT2D eigenvalue weighted by molar-refractivity contribution is 5.73. The number of benzene rings is 2. The van der Waals surface area contributed by atoms with Gasteiger partial charge >= 0.3 is 6.03 Å². The first kappa shape index (κ1) is 16.9. The zero-order valence-corrected chi connectivity index (χ0v) is 14.0.